The summed E-state index contributed by atoms with van der Waals surface area (Å²) in [4.78, 5) is 23.6. The largest absolute Gasteiger partial charge is 0.390 e. The van der Waals surface area contributed by atoms with Crippen molar-refractivity contribution in [2.45, 2.75) is 31.9 Å². The van der Waals surface area contributed by atoms with E-state index in [1.165, 1.54) is 0 Å². The summed E-state index contributed by atoms with van der Waals surface area (Å²) in [6, 6.07) is 5.57. The van der Waals surface area contributed by atoms with Gasteiger partial charge in [-0.05, 0) is 44.1 Å². The van der Waals surface area contributed by atoms with Crippen LogP contribution in [0.15, 0.2) is 30.7 Å². The van der Waals surface area contributed by atoms with E-state index in [-0.39, 0.29) is 24.7 Å². The molecule has 7 nitrogen and oxygen atoms in total. The standard InChI is InChI=1S/C21H23F3N6O/c1-29-13-26-28-20(29)17-3-2-15-12-25-16(10-18(15)27-17)11-19(31)14-4-7-30(8-5-14)9-6-21(22,23)24/h2-3,10,12-14H,4-9,11H2,1H3. The molecule has 1 aliphatic heterocycles. The van der Waals surface area contributed by atoms with E-state index >= 15 is 0 Å². The molecule has 0 N–H and O–H groups in total. The van der Waals surface area contributed by atoms with Crippen LogP contribution >= 0.6 is 0 Å². The fourth-order valence-corrected chi connectivity index (χ4v) is 3.88. The Hall–Kier alpha value is -2.88. The minimum absolute atomic E-state index is 0.00381. The number of aromatic nitrogens is 5. The molecule has 3 aromatic heterocycles. The lowest BCUT2D eigenvalue weighted by Crippen LogP contribution is -2.38. The van der Waals surface area contributed by atoms with Crippen LogP contribution in [0.25, 0.3) is 22.4 Å². The molecule has 164 valence electrons. The lowest BCUT2D eigenvalue weighted by atomic mass is 9.90. The minimum Gasteiger partial charge on any atom is -0.315 e. The van der Waals surface area contributed by atoms with E-state index in [1.807, 2.05) is 25.2 Å². The number of carbonyl (C=O) groups excluding carboxylic acids is 1. The third-order valence-corrected chi connectivity index (χ3v) is 5.68. The first-order chi connectivity index (χ1) is 14.8. The van der Waals surface area contributed by atoms with Crippen LogP contribution in [0.5, 0.6) is 0 Å². The van der Waals surface area contributed by atoms with Gasteiger partial charge >= 0.3 is 6.18 Å². The molecule has 1 saturated heterocycles. The number of Topliss-reactive ketones (excluding diaryl/α,β-unsaturated/α-hetero) is 1. The van der Waals surface area contributed by atoms with E-state index < -0.39 is 12.6 Å². The Labute approximate surface area is 177 Å². The van der Waals surface area contributed by atoms with Crippen LogP contribution in [-0.4, -0.2) is 61.2 Å². The zero-order valence-electron chi connectivity index (χ0n) is 17.1. The molecule has 0 amide bonds. The molecule has 1 aliphatic rings. The monoisotopic (exact) mass is 432 g/mol. The molecule has 4 rings (SSSR count). The fourth-order valence-electron chi connectivity index (χ4n) is 3.88. The van der Waals surface area contributed by atoms with Crippen molar-refractivity contribution >= 4 is 16.7 Å². The highest BCUT2D eigenvalue weighted by Crippen LogP contribution is 2.24. The second kappa shape index (κ2) is 8.70. The molecule has 3 aromatic rings. The lowest BCUT2D eigenvalue weighted by Gasteiger charge is -2.31. The highest BCUT2D eigenvalue weighted by atomic mass is 19.4. The molecular formula is C21H23F3N6O. The van der Waals surface area contributed by atoms with Crippen molar-refractivity contribution in [2.75, 3.05) is 19.6 Å². The Kier molecular flexibility index (Phi) is 5.99. The normalized spacial score (nSPS) is 16.1. The van der Waals surface area contributed by atoms with Crippen molar-refractivity contribution in [1.82, 2.24) is 29.6 Å². The third kappa shape index (κ3) is 5.25. The van der Waals surface area contributed by atoms with Crippen LogP contribution in [0.2, 0.25) is 0 Å². The Morgan fingerprint density at radius 1 is 1.23 bits per heavy atom. The van der Waals surface area contributed by atoms with Gasteiger partial charge in [0.15, 0.2) is 5.82 Å². The Morgan fingerprint density at radius 2 is 2.00 bits per heavy atom. The van der Waals surface area contributed by atoms with Gasteiger partial charge in [0.25, 0.3) is 0 Å². The van der Waals surface area contributed by atoms with E-state index in [2.05, 4.69) is 20.2 Å². The number of hydrogen-bond donors (Lipinski definition) is 0. The van der Waals surface area contributed by atoms with Gasteiger partial charge in [-0.15, -0.1) is 10.2 Å². The number of nitrogens with zero attached hydrogens (tertiary/aromatic N) is 6. The highest BCUT2D eigenvalue weighted by molar-refractivity contribution is 5.85. The molecule has 0 spiro atoms. The number of pyridine rings is 2. The highest BCUT2D eigenvalue weighted by Gasteiger charge is 2.30. The van der Waals surface area contributed by atoms with Gasteiger partial charge in [-0.1, -0.05) is 0 Å². The van der Waals surface area contributed by atoms with Crippen molar-refractivity contribution in [3.05, 3.63) is 36.4 Å². The lowest BCUT2D eigenvalue weighted by molar-refractivity contribution is -0.139. The number of alkyl halides is 3. The predicted octanol–water partition coefficient (Wildman–Crippen LogP) is 3.20. The fraction of sp³-hybridized carbons (Fsp3) is 0.476. The van der Waals surface area contributed by atoms with Crippen molar-refractivity contribution < 1.29 is 18.0 Å². The van der Waals surface area contributed by atoms with Gasteiger partial charge in [-0.2, -0.15) is 13.2 Å². The van der Waals surface area contributed by atoms with Crippen molar-refractivity contribution in [3.63, 3.8) is 0 Å². The molecule has 0 aromatic carbocycles. The summed E-state index contributed by atoms with van der Waals surface area (Å²) in [7, 11) is 1.84. The van der Waals surface area contributed by atoms with Crippen LogP contribution in [0.3, 0.4) is 0 Å². The summed E-state index contributed by atoms with van der Waals surface area (Å²) in [6.45, 7) is 1.02. The molecule has 0 aliphatic carbocycles. The molecule has 1 fully saturated rings. The molecule has 0 saturated carbocycles. The maximum atomic E-state index is 12.7. The number of halogens is 3. The van der Waals surface area contributed by atoms with E-state index in [1.54, 1.807) is 22.0 Å². The Balaban J connectivity index is 1.39. The van der Waals surface area contributed by atoms with Gasteiger partial charge in [0.2, 0.25) is 0 Å². The van der Waals surface area contributed by atoms with Gasteiger partial charge in [-0.25, -0.2) is 4.98 Å². The summed E-state index contributed by atoms with van der Waals surface area (Å²) in [6.07, 6.45) is -0.292. The van der Waals surface area contributed by atoms with Crippen LogP contribution in [0, 0.1) is 5.92 Å². The summed E-state index contributed by atoms with van der Waals surface area (Å²) < 4.78 is 39.0. The predicted molar refractivity (Wildman–Crippen MR) is 108 cm³/mol. The van der Waals surface area contributed by atoms with Crippen LogP contribution in [0.1, 0.15) is 25.0 Å². The first-order valence-corrected chi connectivity index (χ1v) is 10.2. The molecular weight excluding hydrogens is 409 g/mol. The van der Waals surface area contributed by atoms with E-state index in [9.17, 15) is 18.0 Å². The number of piperidine rings is 1. The molecule has 0 bridgehead atoms. The maximum Gasteiger partial charge on any atom is 0.390 e. The molecule has 10 heteroatoms. The van der Waals surface area contributed by atoms with Gasteiger partial charge in [0.1, 0.15) is 17.8 Å². The number of hydrogen-bond acceptors (Lipinski definition) is 6. The zero-order valence-corrected chi connectivity index (χ0v) is 17.1. The SMILES string of the molecule is Cn1cnnc1-c1ccc2cnc(CC(=O)C3CCN(CCC(F)(F)F)CC3)cc2n1. The molecule has 0 radical (unpaired) electrons. The van der Waals surface area contributed by atoms with Gasteiger partial charge in [-0.3, -0.25) is 9.78 Å². The minimum atomic E-state index is -4.14. The summed E-state index contributed by atoms with van der Waals surface area (Å²) in [5.41, 5.74) is 2.04. The number of aryl methyl sites for hydroxylation is 1. The average molecular weight is 432 g/mol. The molecule has 4 heterocycles. The second-order valence-corrected chi connectivity index (χ2v) is 7.95. The Morgan fingerprint density at radius 3 is 2.68 bits per heavy atom. The number of fused-ring (bicyclic) bond motifs is 1. The second-order valence-electron chi connectivity index (χ2n) is 7.95. The number of rotatable bonds is 6. The first kappa shape index (κ1) is 21.4. The van der Waals surface area contributed by atoms with Gasteiger partial charge in [0, 0.05) is 43.2 Å². The first-order valence-electron chi connectivity index (χ1n) is 10.2. The van der Waals surface area contributed by atoms with Gasteiger partial charge in [0.05, 0.1) is 11.9 Å². The molecule has 0 atom stereocenters. The van der Waals surface area contributed by atoms with Crippen LogP contribution in [-0.2, 0) is 18.3 Å². The summed E-state index contributed by atoms with van der Waals surface area (Å²) in [5, 5.41) is 8.81. The topological polar surface area (TPSA) is 76.8 Å². The van der Waals surface area contributed by atoms with E-state index in [0.717, 1.165) is 10.9 Å². The number of ketones is 1. The van der Waals surface area contributed by atoms with Crippen molar-refractivity contribution in [2.24, 2.45) is 13.0 Å². The zero-order chi connectivity index (χ0) is 22.0. The average Bonchev–Trinajstić information content (AvgIpc) is 3.17. The van der Waals surface area contributed by atoms with E-state index in [0.29, 0.717) is 43.1 Å². The van der Waals surface area contributed by atoms with Gasteiger partial charge < -0.3 is 9.47 Å². The van der Waals surface area contributed by atoms with Crippen LogP contribution in [0.4, 0.5) is 13.2 Å². The molecule has 31 heavy (non-hydrogen) atoms. The number of carbonyl (C=O) groups is 1. The summed E-state index contributed by atoms with van der Waals surface area (Å²) >= 11 is 0. The smallest absolute Gasteiger partial charge is 0.315 e. The van der Waals surface area contributed by atoms with E-state index in [4.69, 9.17) is 0 Å². The Bertz CT molecular complexity index is 1070. The molecule has 0 unspecified atom stereocenters. The quantitative estimate of drug-likeness (QED) is 0.595. The number of likely N-dealkylation sites (tertiary alicyclic amines) is 1. The maximum absolute atomic E-state index is 12.7. The van der Waals surface area contributed by atoms with Crippen molar-refractivity contribution in [3.8, 4) is 11.5 Å². The van der Waals surface area contributed by atoms with Crippen molar-refractivity contribution in [1.29, 1.82) is 0 Å². The third-order valence-electron chi connectivity index (χ3n) is 5.68. The van der Waals surface area contributed by atoms with Crippen LogP contribution < -0.4 is 0 Å². The summed E-state index contributed by atoms with van der Waals surface area (Å²) in [5.74, 6) is 0.581.